The lowest BCUT2D eigenvalue weighted by Gasteiger charge is -2.34. The second-order valence-corrected chi connectivity index (χ2v) is 4.65. The first kappa shape index (κ1) is 15.0. The Labute approximate surface area is 109 Å². The maximum Gasteiger partial charge on any atom is 0.306 e. The molecular formula is C13H24N2O3. The van der Waals surface area contributed by atoms with Crippen molar-refractivity contribution in [3.05, 3.63) is 0 Å². The van der Waals surface area contributed by atoms with Crippen LogP contribution >= 0.6 is 0 Å². The van der Waals surface area contributed by atoms with Gasteiger partial charge in [0.05, 0.1) is 13.5 Å². The molecule has 0 radical (unpaired) electrons. The monoisotopic (exact) mass is 256 g/mol. The van der Waals surface area contributed by atoms with Gasteiger partial charge in [0, 0.05) is 32.6 Å². The fourth-order valence-electron chi connectivity index (χ4n) is 2.07. The molecule has 1 aliphatic heterocycles. The molecule has 0 saturated carbocycles. The van der Waals surface area contributed by atoms with Gasteiger partial charge in [-0.3, -0.25) is 14.5 Å². The maximum atomic E-state index is 11.8. The van der Waals surface area contributed by atoms with Gasteiger partial charge >= 0.3 is 5.97 Å². The van der Waals surface area contributed by atoms with Crippen LogP contribution in [0.4, 0.5) is 0 Å². The molecule has 0 aromatic rings. The van der Waals surface area contributed by atoms with E-state index in [0.717, 1.165) is 32.7 Å². The standard InChI is InChI=1S/C13H24N2O3/c1-3-4-7-14-8-10-15(11-9-14)12(16)5-6-13(17)18-2/h3-11H2,1-2H3. The van der Waals surface area contributed by atoms with Crippen LogP contribution in [0.25, 0.3) is 0 Å². The van der Waals surface area contributed by atoms with E-state index in [1.54, 1.807) is 0 Å². The summed E-state index contributed by atoms with van der Waals surface area (Å²) in [6.07, 6.45) is 2.88. The Morgan fingerprint density at radius 3 is 2.33 bits per heavy atom. The summed E-state index contributed by atoms with van der Waals surface area (Å²) in [6.45, 7) is 6.77. The van der Waals surface area contributed by atoms with Crippen molar-refractivity contribution >= 4 is 11.9 Å². The first-order valence-electron chi connectivity index (χ1n) is 6.74. The predicted molar refractivity (Wildman–Crippen MR) is 69.2 cm³/mol. The van der Waals surface area contributed by atoms with Gasteiger partial charge in [-0.25, -0.2) is 0 Å². The van der Waals surface area contributed by atoms with Crippen LogP contribution in [-0.4, -0.2) is 61.5 Å². The van der Waals surface area contributed by atoms with Crippen molar-refractivity contribution in [3.8, 4) is 0 Å². The third-order valence-corrected chi connectivity index (χ3v) is 3.32. The van der Waals surface area contributed by atoms with Crippen LogP contribution in [0, 0.1) is 0 Å². The van der Waals surface area contributed by atoms with E-state index in [-0.39, 0.29) is 24.7 Å². The average molecular weight is 256 g/mol. The van der Waals surface area contributed by atoms with Crippen molar-refractivity contribution < 1.29 is 14.3 Å². The molecule has 0 bridgehead atoms. The van der Waals surface area contributed by atoms with Gasteiger partial charge in [-0.15, -0.1) is 0 Å². The molecule has 18 heavy (non-hydrogen) atoms. The third kappa shape index (κ3) is 5.04. The summed E-state index contributed by atoms with van der Waals surface area (Å²) < 4.78 is 4.53. The van der Waals surface area contributed by atoms with E-state index in [1.807, 2.05) is 4.90 Å². The van der Waals surface area contributed by atoms with Crippen LogP contribution in [-0.2, 0) is 14.3 Å². The Bertz CT molecular complexity index is 273. The Morgan fingerprint density at radius 1 is 1.11 bits per heavy atom. The first-order chi connectivity index (χ1) is 8.67. The van der Waals surface area contributed by atoms with E-state index in [2.05, 4.69) is 16.6 Å². The number of nitrogens with zero attached hydrogens (tertiary/aromatic N) is 2. The zero-order chi connectivity index (χ0) is 13.4. The van der Waals surface area contributed by atoms with Crippen molar-refractivity contribution in [1.82, 2.24) is 9.80 Å². The van der Waals surface area contributed by atoms with Crippen LogP contribution in [0.2, 0.25) is 0 Å². The Balaban J connectivity index is 2.21. The van der Waals surface area contributed by atoms with E-state index < -0.39 is 0 Å². The molecule has 0 aromatic carbocycles. The van der Waals surface area contributed by atoms with Crippen LogP contribution in [0.15, 0.2) is 0 Å². The molecule has 0 spiro atoms. The van der Waals surface area contributed by atoms with E-state index in [9.17, 15) is 9.59 Å². The molecule has 1 fully saturated rings. The normalized spacial score (nSPS) is 16.7. The topological polar surface area (TPSA) is 49.9 Å². The zero-order valence-electron chi connectivity index (χ0n) is 11.5. The highest BCUT2D eigenvalue weighted by Crippen LogP contribution is 2.06. The number of unbranched alkanes of at least 4 members (excludes halogenated alkanes) is 1. The van der Waals surface area contributed by atoms with Crippen LogP contribution in [0.3, 0.4) is 0 Å². The van der Waals surface area contributed by atoms with Gasteiger partial charge in [0.2, 0.25) is 5.91 Å². The Morgan fingerprint density at radius 2 is 1.78 bits per heavy atom. The summed E-state index contributed by atoms with van der Waals surface area (Å²) in [6, 6.07) is 0. The fourth-order valence-corrected chi connectivity index (χ4v) is 2.07. The number of rotatable bonds is 6. The van der Waals surface area contributed by atoms with Crippen molar-refractivity contribution in [1.29, 1.82) is 0 Å². The molecule has 0 unspecified atom stereocenters. The summed E-state index contributed by atoms with van der Waals surface area (Å²) in [4.78, 5) is 27.1. The Kier molecular flexibility index (Phi) is 6.72. The number of methoxy groups -OCH3 is 1. The molecule has 0 aliphatic carbocycles. The van der Waals surface area contributed by atoms with Crippen LogP contribution < -0.4 is 0 Å². The van der Waals surface area contributed by atoms with E-state index in [1.165, 1.54) is 20.0 Å². The molecule has 1 heterocycles. The number of carbonyl (C=O) groups is 2. The van der Waals surface area contributed by atoms with Crippen molar-refractivity contribution in [3.63, 3.8) is 0 Å². The van der Waals surface area contributed by atoms with Crippen molar-refractivity contribution in [2.75, 3.05) is 39.8 Å². The van der Waals surface area contributed by atoms with Crippen molar-refractivity contribution in [2.24, 2.45) is 0 Å². The second kappa shape index (κ2) is 8.08. The molecule has 1 aliphatic rings. The highest BCUT2D eigenvalue weighted by atomic mass is 16.5. The summed E-state index contributed by atoms with van der Waals surface area (Å²) in [5.41, 5.74) is 0. The molecule has 5 nitrogen and oxygen atoms in total. The smallest absolute Gasteiger partial charge is 0.306 e. The largest absolute Gasteiger partial charge is 0.469 e. The summed E-state index contributed by atoms with van der Waals surface area (Å²) in [5.74, 6) is -0.250. The minimum atomic E-state index is -0.315. The minimum absolute atomic E-state index is 0.0653. The van der Waals surface area contributed by atoms with Gasteiger partial charge in [-0.2, -0.15) is 0 Å². The molecule has 1 amide bonds. The van der Waals surface area contributed by atoms with E-state index in [4.69, 9.17) is 0 Å². The average Bonchev–Trinajstić information content (AvgIpc) is 2.42. The number of esters is 1. The second-order valence-electron chi connectivity index (χ2n) is 4.65. The van der Waals surface area contributed by atoms with Crippen molar-refractivity contribution in [2.45, 2.75) is 32.6 Å². The maximum absolute atomic E-state index is 11.8. The van der Waals surface area contributed by atoms with Crippen LogP contribution in [0.5, 0.6) is 0 Å². The Hall–Kier alpha value is -1.10. The quantitative estimate of drug-likeness (QED) is 0.662. The molecule has 0 aromatic heterocycles. The van der Waals surface area contributed by atoms with Gasteiger partial charge in [-0.1, -0.05) is 13.3 Å². The van der Waals surface area contributed by atoms with Gasteiger partial charge in [-0.05, 0) is 13.0 Å². The third-order valence-electron chi connectivity index (χ3n) is 3.32. The summed E-state index contributed by atoms with van der Waals surface area (Å²) in [5, 5.41) is 0. The van der Waals surface area contributed by atoms with Gasteiger partial charge in [0.25, 0.3) is 0 Å². The number of piperazine rings is 1. The lowest BCUT2D eigenvalue weighted by Crippen LogP contribution is -2.48. The predicted octanol–water partition coefficient (Wildman–Crippen LogP) is 0.884. The molecule has 104 valence electrons. The van der Waals surface area contributed by atoms with E-state index in [0.29, 0.717) is 0 Å². The molecule has 1 saturated heterocycles. The molecule has 0 N–H and O–H groups in total. The highest BCUT2D eigenvalue weighted by Gasteiger charge is 2.20. The number of hydrogen-bond donors (Lipinski definition) is 0. The number of amides is 1. The van der Waals surface area contributed by atoms with Gasteiger partial charge < -0.3 is 9.64 Å². The number of carbonyl (C=O) groups excluding carboxylic acids is 2. The molecule has 0 atom stereocenters. The number of ether oxygens (including phenoxy) is 1. The fraction of sp³-hybridized carbons (Fsp3) is 0.846. The van der Waals surface area contributed by atoms with Gasteiger partial charge in [0.1, 0.15) is 0 Å². The lowest BCUT2D eigenvalue weighted by atomic mass is 10.2. The van der Waals surface area contributed by atoms with E-state index >= 15 is 0 Å². The molecule has 1 rings (SSSR count). The zero-order valence-corrected chi connectivity index (χ0v) is 11.5. The molecule has 5 heteroatoms. The van der Waals surface area contributed by atoms with Crippen LogP contribution in [0.1, 0.15) is 32.6 Å². The summed E-state index contributed by atoms with van der Waals surface area (Å²) in [7, 11) is 1.35. The molecular weight excluding hydrogens is 232 g/mol. The first-order valence-corrected chi connectivity index (χ1v) is 6.74. The summed E-state index contributed by atoms with van der Waals surface area (Å²) >= 11 is 0. The highest BCUT2D eigenvalue weighted by molar-refractivity contribution is 5.81. The minimum Gasteiger partial charge on any atom is -0.469 e. The SMILES string of the molecule is CCCCN1CCN(C(=O)CCC(=O)OC)CC1. The van der Waals surface area contributed by atoms with Gasteiger partial charge in [0.15, 0.2) is 0 Å². The lowest BCUT2D eigenvalue weighted by molar-refractivity contribution is -0.144. The number of hydrogen-bond acceptors (Lipinski definition) is 4.